The van der Waals surface area contributed by atoms with E-state index in [-0.39, 0.29) is 25.1 Å². The molecular formula is C14H12F3N3O2. The maximum atomic E-state index is 12.5. The molecule has 0 bridgehead atoms. The molecule has 2 heterocycles. The van der Waals surface area contributed by atoms with Crippen LogP contribution in [0.2, 0.25) is 0 Å². The number of benzene rings is 1. The first kappa shape index (κ1) is 14.4. The van der Waals surface area contributed by atoms with Crippen molar-refractivity contribution in [1.29, 1.82) is 0 Å². The number of carbonyl (C=O) groups excluding carboxylic acids is 1. The summed E-state index contributed by atoms with van der Waals surface area (Å²) >= 11 is 0. The molecule has 2 aromatic rings. The Balaban J connectivity index is 1.95. The van der Waals surface area contributed by atoms with E-state index in [2.05, 4.69) is 5.10 Å². The number of para-hydroxylation sites is 1. The van der Waals surface area contributed by atoms with Gasteiger partial charge in [-0.3, -0.25) is 14.7 Å². The lowest BCUT2D eigenvalue weighted by molar-refractivity contribution is -0.186. The molecule has 116 valence electrons. The van der Waals surface area contributed by atoms with E-state index in [1.165, 1.54) is 4.68 Å². The van der Waals surface area contributed by atoms with Crippen molar-refractivity contribution in [2.45, 2.75) is 19.1 Å². The Morgan fingerprint density at radius 3 is 2.50 bits per heavy atom. The molecule has 1 amide bonds. The lowest BCUT2D eigenvalue weighted by Crippen LogP contribution is -2.44. The van der Waals surface area contributed by atoms with E-state index in [4.69, 9.17) is 0 Å². The number of H-pyrrole nitrogens is 1. The van der Waals surface area contributed by atoms with E-state index in [1.807, 2.05) is 0 Å². The van der Waals surface area contributed by atoms with Crippen LogP contribution >= 0.6 is 0 Å². The molecule has 8 heteroatoms. The van der Waals surface area contributed by atoms with Crippen molar-refractivity contribution in [2.75, 3.05) is 6.54 Å². The normalized spacial score (nSPS) is 14.8. The molecule has 0 spiro atoms. The fourth-order valence-corrected chi connectivity index (χ4v) is 2.52. The van der Waals surface area contributed by atoms with Gasteiger partial charge in [0.2, 0.25) is 0 Å². The molecule has 0 aliphatic carbocycles. The fraction of sp³-hybridized carbons (Fsp3) is 0.286. The summed E-state index contributed by atoms with van der Waals surface area (Å²) in [5, 5.41) is 2.90. The molecule has 3 rings (SSSR count). The minimum atomic E-state index is -4.92. The van der Waals surface area contributed by atoms with Crippen molar-refractivity contribution in [3.05, 3.63) is 51.9 Å². The summed E-state index contributed by atoms with van der Waals surface area (Å²) in [4.78, 5) is 24.3. The largest absolute Gasteiger partial charge is 0.471 e. The van der Waals surface area contributed by atoms with Gasteiger partial charge in [0, 0.05) is 18.7 Å². The molecule has 0 fully saturated rings. The van der Waals surface area contributed by atoms with Gasteiger partial charge in [0.15, 0.2) is 0 Å². The number of aromatic amines is 1. The van der Waals surface area contributed by atoms with Gasteiger partial charge < -0.3 is 4.90 Å². The van der Waals surface area contributed by atoms with Crippen LogP contribution in [0.25, 0.3) is 5.69 Å². The second-order valence-corrected chi connectivity index (χ2v) is 5.02. The van der Waals surface area contributed by atoms with Crippen LogP contribution in [0.3, 0.4) is 0 Å². The van der Waals surface area contributed by atoms with E-state index in [9.17, 15) is 22.8 Å². The molecule has 1 aromatic carbocycles. The molecule has 1 aliphatic rings. The van der Waals surface area contributed by atoms with Crippen molar-refractivity contribution in [3.8, 4) is 5.69 Å². The molecule has 5 nitrogen and oxygen atoms in total. The number of halogens is 3. The van der Waals surface area contributed by atoms with Crippen molar-refractivity contribution < 1.29 is 18.0 Å². The topological polar surface area (TPSA) is 58.1 Å². The fourth-order valence-electron chi connectivity index (χ4n) is 2.52. The number of rotatable bonds is 1. The molecule has 0 saturated carbocycles. The third kappa shape index (κ3) is 2.40. The maximum absolute atomic E-state index is 12.5. The molecule has 0 unspecified atom stereocenters. The summed E-state index contributed by atoms with van der Waals surface area (Å²) in [6.45, 7) is -0.400. The van der Waals surface area contributed by atoms with Gasteiger partial charge in [0.05, 0.1) is 17.8 Å². The third-order valence-electron chi connectivity index (χ3n) is 3.60. The molecule has 0 radical (unpaired) electrons. The molecule has 22 heavy (non-hydrogen) atoms. The van der Waals surface area contributed by atoms with Crippen LogP contribution in [0.4, 0.5) is 13.2 Å². The van der Waals surface area contributed by atoms with Crippen molar-refractivity contribution in [2.24, 2.45) is 0 Å². The first-order chi connectivity index (χ1) is 10.4. The minimum Gasteiger partial charge on any atom is -0.330 e. The van der Waals surface area contributed by atoms with Crippen molar-refractivity contribution in [3.63, 3.8) is 0 Å². The standard InChI is InChI=1S/C14H12F3N3O2/c15-14(16,17)13(22)19-7-6-11-10(8-19)12(21)20(18-11)9-4-2-1-3-5-9/h1-5,18H,6-8H2. The quantitative estimate of drug-likeness (QED) is 0.870. The van der Waals surface area contributed by atoms with Crippen LogP contribution in [0.15, 0.2) is 35.1 Å². The van der Waals surface area contributed by atoms with Gasteiger partial charge in [0.25, 0.3) is 5.56 Å². The van der Waals surface area contributed by atoms with Gasteiger partial charge in [-0.15, -0.1) is 0 Å². The predicted octanol–water partition coefficient (Wildman–Crippen LogP) is 1.61. The second kappa shape index (κ2) is 5.04. The van der Waals surface area contributed by atoms with Crippen LogP contribution < -0.4 is 5.56 Å². The minimum absolute atomic E-state index is 0.0694. The Kier molecular flexibility index (Phi) is 3.31. The molecule has 1 aliphatic heterocycles. The highest BCUT2D eigenvalue weighted by Gasteiger charge is 2.43. The van der Waals surface area contributed by atoms with Crippen molar-refractivity contribution in [1.82, 2.24) is 14.7 Å². The SMILES string of the molecule is O=C(N1CCc2[nH]n(-c3ccccc3)c(=O)c2C1)C(F)(F)F. The molecular weight excluding hydrogens is 299 g/mol. The van der Waals surface area contributed by atoms with E-state index in [1.54, 1.807) is 30.3 Å². The number of alkyl halides is 3. The Morgan fingerprint density at radius 2 is 1.86 bits per heavy atom. The molecule has 0 atom stereocenters. The zero-order chi connectivity index (χ0) is 15.9. The van der Waals surface area contributed by atoms with E-state index < -0.39 is 17.6 Å². The lowest BCUT2D eigenvalue weighted by Gasteiger charge is -2.26. The summed E-state index contributed by atoms with van der Waals surface area (Å²) in [7, 11) is 0. The van der Waals surface area contributed by atoms with Gasteiger partial charge in [-0.25, -0.2) is 4.68 Å². The lowest BCUT2D eigenvalue weighted by atomic mass is 10.1. The first-order valence-electron chi connectivity index (χ1n) is 6.62. The van der Waals surface area contributed by atoms with Crippen LogP contribution in [0.1, 0.15) is 11.3 Å². The van der Waals surface area contributed by atoms with E-state index in [0.29, 0.717) is 16.3 Å². The van der Waals surface area contributed by atoms with Crippen LogP contribution in [0.5, 0.6) is 0 Å². The van der Waals surface area contributed by atoms with Gasteiger partial charge >= 0.3 is 12.1 Å². The van der Waals surface area contributed by atoms with Crippen LogP contribution in [0, 0.1) is 0 Å². The number of nitrogens with zero attached hydrogens (tertiary/aromatic N) is 2. The highest BCUT2D eigenvalue weighted by molar-refractivity contribution is 5.82. The van der Waals surface area contributed by atoms with E-state index in [0.717, 1.165) is 0 Å². The first-order valence-corrected chi connectivity index (χ1v) is 6.62. The summed E-state index contributed by atoms with van der Waals surface area (Å²) in [6, 6.07) is 8.72. The molecule has 1 N–H and O–H groups in total. The highest BCUT2D eigenvalue weighted by Crippen LogP contribution is 2.23. The van der Waals surface area contributed by atoms with Gasteiger partial charge in [-0.1, -0.05) is 18.2 Å². The summed E-state index contributed by atoms with van der Waals surface area (Å²) in [6.07, 6.45) is -4.74. The summed E-state index contributed by atoms with van der Waals surface area (Å²) in [5.74, 6) is -1.91. The average Bonchev–Trinajstić information content (AvgIpc) is 2.83. The number of amides is 1. The molecule has 0 saturated heterocycles. The second-order valence-electron chi connectivity index (χ2n) is 5.02. The maximum Gasteiger partial charge on any atom is 0.471 e. The number of carbonyl (C=O) groups is 1. The number of fused-ring (bicyclic) bond motifs is 1. The Morgan fingerprint density at radius 1 is 1.18 bits per heavy atom. The Hall–Kier alpha value is -2.51. The van der Waals surface area contributed by atoms with Crippen LogP contribution in [-0.4, -0.2) is 33.3 Å². The predicted molar refractivity (Wildman–Crippen MR) is 71.6 cm³/mol. The number of hydrogen-bond acceptors (Lipinski definition) is 2. The number of hydrogen-bond donors (Lipinski definition) is 1. The van der Waals surface area contributed by atoms with Gasteiger partial charge in [0.1, 0.15) is 0 Å². The highest BCUT2D eigenvalue weighted by atomic mass is 19.4. The zero-order valence-electron chi connectivity index (χ0n) is 11.4. The Bertz CT molecular complexity index is 762. The number of nitrogens with one attached hydrogen (secondary N) is 1. The van der Waals surface area contributed by atoms with Crippen LogP contribution in [-0.2, 0) is 17.8 Å². The van der Waals surface area contributed by atoms with Gasteiger partial charge in [-0.05, 0) is 12.1 Å². The smallest absolute Gasteiger partial charge is 0.330 e. The van der Waals surface area contributed by atoms with Gasteiger partial charge in [-0.2, -0.15) is 13.2 Å². The summed E-state index contributed by atoms with van der Waals surface area (Å²) in [5.41, 5.74) is 0.934. The zero-order valence-corrected chi connectivity index (χ0v) is 11.4. The summed E-state index contributed by atoms with van der Waals surface area (Å²) < 4.78 is 38.8. The molecule has 1 aromatic heterocycles. The Labute approximate surface area is 122 Å². The number of aromatic nitrogens is 2. The van der Waals surface area contributed by atoms with E-state index >= 15 is 0 Å². The monoisotopic (exact) mass is 311 g/mol. The van der Waals surface area contributed by atoms with Crippen molar-refractivity contribution >= 4 is 5.91 Å². The third-order valence-corrected chi connectivity index (χ3v) is 3.60. The average molecular weight is 311 g/mol.